The average Bonchev–Trinajstić information content (AvgIpc) is 3.24. The highest BCUT2D eigenvalue weighted by Gasteiger charge is 2.23. The van der Waals surface area contributed by atoms with E-state index in [2.05, 4.69) is 20.6 Å². The van der Waals surface area contributed by atoms with Crippen molar-refractivity contribution in [1.29, 1.82) is 0 Å². The summed E-state index contributed by atoms with van der Waals surface area (Å²) in [5.74, 6) is 0.158. The van der Waals surface area contributed by atoms with Crippen LogP contribution in [-0.2, 0) is 19.6 Å². The molecule has 1 N–H and O–H groups in total. The number of halogens is 2. The van der Waals surface area contributed by atoms with Crippen molar-refractivity contribution < 1.29 is 13.9 Å². The van der Waals surface area contributed by atoms with Gasteiger partial charge in [0.1, 0.15) is 18.1 Å². The summed E-state index contributed by atoms with van der Waals surface area (Å²) >= 11 is 6.15. The quantitative estimate of drug-likeness (QED) is 0.427. The van der Waals surface area contributed by atoms with Gasteiger partial charge in [0.2, 0.25) is 5.88 Å². The molecule has 5 rings (SSSR count). The molecule has 178 valence electrons. The first kappa shape index (κ1) is 22.8. The minimum atomic E-state index is -0.318. The minimum absolute atomic E-state index is 0.203. The molecule has 1 aliphatic rings. The molecule has 8 nitrogen and oxygen atoms in total. The molecule has 0 fully saturated rings. The van der Waals surface area contributed by atoms with E-state index >= 15 is 0 Å². The van der Waals surface area contributed by atoms with Crippen LogP contribution in [0.5, 0.6) is 5.88 Å². The number of rotatable bonds is 5. The van der Waals surface area contributed by atoms with Crippen molar-refractivity contribution in [2.24, 2.45) is 0 Å². The number of hydrogen-bond donors (Lipinski definition) is 1. The van der Waals surface area contributed by atoms with Crippen molar-refractivity contribution in [3.05, 3.63) is 94.1 Å². The number of benzene rings is 2. The summed E-state index contributed by atoms with van der Waals surface area (Å²) in [5.41, 5.74) is 4.60. The largest absolute Gasteiger partial charge is 0.471 e. The molecule has 0 atom stereocenters. The third kappa shape index (κ3) is 4.95. The van der Waals surface area contributed by atoms with E-state index in [4.69, 9.17) is 16.3 Å². The number of urea groups is 1. The molecule has 2 aromatic heterocycles. The van der Waals surface area contributed by atoms with Crippen LogP contribution in [-0.4, -0.2) is 37.5 Å². The molecule has 0 saturated carbocycles. The van der Waals surface area contributed by atoms with Crippen LogP contribution in [0.1, 0.15) is 22.6 Å². The Balaban J connectivity index is 1.25. The zero-order valence-electron chi connectivity index (χ0n) is 18.9. The van der Waals surface area contributed by atoms with Crippen molar-refractivity contribution in [2.75, 3.05) is 11.9 Å². The molecule has 0 spiro atoms. The van der Waals surface area contributed by atoms with Gasteiger partial charge in [0.05, 0.1) is 27.8 Å². The SMILES string of the molecule is Cc1nnn(-c2ccc(F)cc2)c1COc1ccc2c(n1)CCN(C(=O)Nc1ccccc1Cl)C2. The van der Waals surface area contributed by atoms with E-state index in [1.807, 2.05) is 25.1 Å². The number of amides is 2. The van der Waals surface area contributed by atoms with Crippen LogP contribution in [0.3, 0.4) is 0 Å². The van der Waals surface area contributed by atoms with Gasteiger partial charge in [-0.1, -0.05) is 35.0 Å². The Morgan fingerprint density at radius 3 is 2.74 bits per heavy atom. The highest BCUT2D eigenvalue weighted by molar-refractivity contribution is 6.33. The Morgan fingerprint density at radius 2 is 1.94 bits per heavy atom. The second-order valence-electron chi connectivity index (χ2n) is 8.14. The molecule has 0 bridgehead atoms. The molecule has 35 heavy (non-hydrogen) atoms. The number of nitrogens with one attached hydrogen (secondary N) is 1. The standard InChI is InChI=1S/C25H22ClFN6O2/c1-16-23(33(31-30-16)19-9-7-18(27)8-10-19)15-35-24-11-6-17-14-32(13-12-21(17)28-24)25(34)29-22-5-3-2-4-20(22)26/h2-11H,12-15H2,1H3,(H,29,34). The Bertz CT molecular complexity index is 1370. The van der Waals surface area contributed by atoms with Crippen LogP contribution in [0.25, 0.3) is 5.69 Å². The number of anilines is 1. The zero-order valence-corrected chi connectivity index (χ0v) is 19.7. The van der Waals surface area contributed by atoms with Crippen molar-refractivity contribution in [3.63, 3.8) is 0 Å². The topological polar surface area (TPSA) is 85.2 Å². The molecule has 0 saturated heterocycles. The first-order valence-electron chi connectivity index (χ1n) is 11.1. The Labute approximate surface area is 206 Å². The van der Waals surface area contributed by atoms with E-state index in [9.17, 15) is 9.18 Å². The van der Waals surface area contributed by atoms with Gasteiger partial charge in [-0.05, 0) is 48.9 Å². The van der Waals surface area contributed by atoms with Gasteiger partial charge in [0, 0.05) is 25.6 Å². The zero-order chi connectivity index (χ0) is 24.4. The molecular formula is C25H22ClFN6O2. The van der Waals surface area contributed by atoms with Crippen LogP contribution in [0, 0.1) is 12.7 Å². The summed E-state index contributed by atoms with van der Waals surface area (Å²) in [6, 6.07) is 16.7. The van der Waals surface area contributed by atoms with E-state index in [0.717, 1.165) is 17.0 Å². The monoisotopic (exact) mass is 492 g/mol. The number of ether oxygens (including phenoxy) is 1. The number of hydrogen-bond acceptors (Lipinski definition) is 5. The predicted octanol–water partition coefficient (Wildman–Crippen LogP) is 4.93. The van der Waals surface area contributed by atoms with Gasteiger partial charge < -0.3 is 15.0 Å². The van der Waals surface area contributed by atoms with Gasteiger partial charge in [-0.25, -0.2) is 18.9 Å². The normalized spacial score (nSPS) is 12.8. The number of pyridine rings is 1. The highest BCUT2D eigenvalue weighted by Crippen LogP contribution is 2.24. The number of nitrogens with zero attached hydrogens (tertiary/aromatic N) is 5. The van der Waals surface area contributed by atoms with Crippen LogP contribution < -0.4 is 10.1 Å². The molecule has 3 heterocycles. The van der Waals surface area contributed by atoms with E-state index in [1.165, 1.54) is 12.1 Å². The van der Waals surface area contributed by atoms with Crippen LogP contribution >= 0.6 is 11.6 Å². The predicted molar refractivity (Wildman–Crippen MR) is 129 cm³/mol. The fourth-order valence-corrected chi connectivity index (χ4v) is 4.06. The second kappa shape index (κ2) is 9.71. The molecule has 0 aliphatic carbocycles. The Kier molecular flexibility index (Phi) is 6.33. The van der Waals surface area contributed by atoms with Gasteiger partial charge in [-0.2, -0.15) is 0 Å². The van der Waals surface area contributed by atoms with E-state index < -0.39 is 0 Å². The lowest BCUT2D eigenvalue weighted by atomic mass is 10.1. The second-order valence-corrected chi connectivity index (χ2v) is 8.54. The lowest BCUT2D eigenvalue weighted by Crippen LogP contribution is -2.39. The summed E-state index contributed by atoms with van der Waals surface area (Å²) in [5, 5.41) is 11.6. The van der Waals surface area contributed by atoms with Gasteiger partial charge in [0.25, 0.3) is 0 Å². The maximum absolute atomic E-state index is 13.3. The molecule has 2 aromatic carbocycles. The number of para-hydroxylation sites is 1. The molecular weight excluding hydrogens is 471 g/mol. The Hall–Kier alpha value is -3.98. The van der Waals surface area contributed by atoms with Crippen molar-refractivity contribution >= 4 is 23.3 Å². The Morgan fingerprint density at radius 1 is 1.14 bits per heavy atom. The minimum Gasteiger partial charge on any atom is -0.471 e. The molecule has 1 aliphatic heterocycles. The molecule has 2 amide bonds. The lowest BCUT2D eigenvalue weighted by molar-refractivity contribution is 0.205. The lowest BCUT2D eigenvalue weighted by Gasteiger charge is -2.28. The number of aryl methyl sites for hydroxylation is 1. The number of carbonyl (C=O) groups excluding carboxylic acids is 1. The van der Waals surface area contributed by atoms with Crippen molar-refractivity contribution in [3.8, 4) is 11.6 Å². The fourth-order valence-electron chi connectivity index (χ4n) is 3.88. The van der Waals surface area contributed by atoms with Gasteiger partial charge in [-0.3, -0.25) is 0 Å². The van der Waals surface area contributed by atoms with Crippen LogP contribution in [0.4, 0.5) is 14.9 Å². The van der Waals surface area contributed by atoms with E-state index in [0.29, 0.717) is 47.5 Å². The molecule has 0 unspecified atom stereocenters. The number of aromatic nitrogens is 4. The molecule has 4 aromatic rings. The summed E-state index contributed by atoms with van der Waals surface area (Å²) < 4.78 is 20.9. The number of carbonyl (C=O) groups is 1. The summed E-state index contributed by atoms with van der Waals surface area (Å²) in [7, 11) is 0. The van der Waals surface area contributed by atoms with E-state index in [1.54, 1.807) is 39.9 Å². The first-order valence-corrected chi connectivity index (χ1v) is 11.4. The summed E-state index contributed by atoms with van der Waals surface area (Å²) in [4.78, 5) is 19.1. The molecule has 0 radical (unpaired) electrons. The van der Waals surface area contributed by atoms with Crippen LogP contribution in [0.15, 0.2) is 60.7 Å². The number of fused-ring (bicyclic) bond motifs is 1. The van der Waals surface area contributed by atoms with Gasteiger partial charge in [0.15, 0.2) is 0 Å². The van der Waals surface area contributed by atoms with Crippen molar-refractivity contribution in [1.82, 2.24) is 24.9 Å². The molecule has 10 heteroatoms. The third-order valence-electron chi connectivity index (χ3n) is 5.81. The average molecular weight is 493 g/mol. The fraction of sp³-hybridized carbons (Fsp3) is 0.200. The van der Waals surface area contributed by atoms with Gasteiger partial charge >= 0.3 is 6.03 Å². The highest BCUT2D eigenvalue weighted by atomic mass is 35.5. The van der Waals surface area contributed by atoms with Crippen molar-refractivity contribution in [2.45, 2.75) is 26.5 Å². The maximum Gasteiger partial charge on any atom is 0.322 e. The third-order valence-corrected chi connectivity index (χ3v) is 6.14. The van der Waals surface area contributed by atoms with Crippen LogP contribution in [0.2, 0.25) is 5.02 Å². The summed E-state index contributed by atoms with van der Waals surface area (Å²) in [6.07, 6.45) is 0.608. The summed E-state index contributed by atoms with van der Waals surface area (Å²) in [6.45, 7) is 3.02. The maximum atomic E-state index is 13.3. The first-order chi connectivity index (χ1) is 17.0. The smallest absolute Gasteiger partial charge is 0.322 e. The van der Waals surface area contributed by atoms with E-state index in [-0.39, 0.29) is 18.5 Å². The van der Waals surface area contributed by atoms with Gasteiger partial charge in [-0.15, -0.1) is 5.10 Å².